The second-order valence-corrected chi connectivity index (χ2v) is 6.32. The van der Waals surface area contributed by atoms with E-state index < -0.39 is 0 Å². The molecule has 0 bridgehead atoms. The van der Waals surface area contributed by atoms with Crippen molar-refractivity contribution in [2.24, 2.45) is 0 Å². The first-order chi connectivity index (χ1) is 12.1. The molecule has 0 aliphatic carbocycles. The highest BCUT2D eigenvalue weighted by Crippen LogP contribution is 2.13. The van der Waals surface area contributed by atoms with Crippen LogP contribution < -0.4 is 10.6 Å². The molecule has 0 saturated carbocycles. The third-order valence-electron chi connectivity index (χ3n) is 3.92. The van der Waals surface area contributed by atoms with Crippen LogP contribution in [-0.2, 0) is 13.1 Å². The predicted molar refractivity (Wildman–Crippen MR) is 107 cm³/mol. The van der Waals surface area contributed by atoms with Crippen molar-refractivity contribution in [2.75, 3.05) is 13.1 Å². The Kier molecular flexibility index (Phi) is 10.5. The van der Waals surface area contributed by atoms with Gasteiger partial charge in [-0.25, -0.2) is 0 Å². The topological polar surface area (TPSA) is 41.1 Å². The van der Waals surface area contributed by atoms with Crippen LogP contribution in [-0.4, -0.2) is 19.4 Å². The first kappa shape index (κ1) is 21.1. The number of aldehydes is 1. The van der Waals surface area contributed by atoms with Gasteiger partial charge in [0.05, 0.1) is 0 Å². The van der Waals surface area contributed by atoms with Gasteiger partial charge in [0.1, 0.15) is 6.29 Å². The van der Waals surface area contributed by atoms with Gasteiger partial charge in [-0.05, 0) is 35.7 Å². The third-order valence-corrected chi connectivity index (χ3v) is 3.92. The number of hydrogen-bond acceptors (Lipinski definition) is 3. The number of nitrogens with one attached hydrogen (secondary N) is 2. The number of carbonyl (C=O) groups is 1. The first-order valence-electron chi connectivity index (χ1n) is 9.15. The van der Waals surface area contributed by atoms with E-state index in [1.807, 2.05) is 24.3 Å². The van der Waals surface area contributed by atoms with E-state index in [0.29, 0.717) is 5.92 Å². The van der Waals surface area contributed by atoms with Gasteiger partial charge in [0.15, 0.2) is 0 Å². The highest BCUT2D eigenvalue weighted by Gasteiger charge is 1.97. The Balaban J connectivity index is 0.000000257. The van der Waals surface area contributed by atoms with Crippen molar-refractivity contribution in [1.29, 1.82) is 0 Å². The summed E-state index contributed by atoms with van der Waals surface area (Å²) in [5, 5.41) is 6.62. The number of carbonyl (C=O) groups excluding carboxylic acids is 1. The van der Waals surface area contributed by atoms with Crippen LogP contribution in [0.15, 0.2) is 48.5 Å². The monoisotopic (exact) mass is 340 g/mol. The van der Waals surface area contributed by atoms with Crippen molar-refractivity contribution in [3.05, 3.63) is 70.8 Å². The molecule has 2 aromatic carbocycles. The molecule has 0 radical (unpaired) electrons. The van der Waals surface area contributed by atoms with Crippen LogP contribution in [0.3, 0.4) is 0 Å². The van der Waals surface area contributed by atoms with Crippen molar-refractivity contribution in [2.45, 2.75) is 46.7 Å². The summed E-state index contributed by atoms with van der Waals surface area (Å²) in [6.45, 7) is 12.5. The maximum absolute atomic E-state index is 10.3. The number of benzene rings is 2. The lowest BCUT2D eigenvalue weighted by molar-refractivity contribution is 0.112. The average molecular weight is 341 g/mol. The molecule has 0 unspecified atom stereocenters. The third kappa shape index (κ3) is 8.62. The summed E-state index contributed by atoms with van der Waals surface area (Å²) in [7, 11) is 0. The van der Waals surface area contributed by atoms with Gasteiger partial charge in [0.2, 0.25) is 0 Å². The fourth-order valence-electron chi connectivity index (χ4n) is 2.27. The second kappa shape index (κ2) is 12.4. The average Bonchev–Trinajstić information content (AvgIpc) is 2.66. The van der Waals surface area contributed by atoms with Crippen LogP contribution in [0.2, 0.25) is 0 Å². The lowest BCUT2D eigenvalue weighted by atomic mass is 10.0. The van der Waals surface area contributed by atoms with E-state index in [0.717, 1.165) is 38.0 Å². The first-order valence-corrected chi connectivity index (χ1v) is 9.15. The molecule has 0 spiro atoms. The highest BCUT2D eigenvalue weighted by atomic mass is 16.1. The van der Waals surface area contributed by atoms with Crippen molar-refractivity contribution >= 4 is 6.29 Å². The summed E-state index contributed by atoms with van der Waals surface area (Å²) in [4.78, 5) is 10.3. The van der Waals surface area contributed by atoms with Crippen LogP contribution in [0.5, 0.6) is 0 Å². The van der Waals surface area contributed by atoms with Gasteiger partial charge in [0.25, 0.3) is 0 Å². The van der Waals surface area contributed by atoms with Crippen molar-refractivity contribution in [3.63, 3.8) is 0 Å². The molecule has 0 heterocycles. The summed E-state index contributed by atoms with van der Waals surface area (Å²) in [5.41, 5.74) is 4.73. The van der Waals surface area contributed by atoms with Crippen LogP contribution in [0, 0.1) is 0 Å². The molecule has 0 aliphatic rings. The van der Waals surface area contributed by atoms with Gasteiger partial charge in [-0.15, -0.1) is 0 Å². The Hall–Kier alpha value is -1.97. The van der Waals surface area contributed by atoms with Crippen LogP contribution >= 0.6 is 0 Å². The quantitative estimate of drug-likeness (QED) is 0.694. The Bertz CT molecular complexity index is 561. The number of hydrogen-bond donors (Lipinski definition) is 2. The standard InChI is InChI=1S/C12H20N2.C10H12O/c1-3-13-9-11-5-7-12(8-6-11)10-14-4-2;1-8(2)10-5-3-9(7-11)4-6-10/h5-8,13-14H,3-4,9-10H2,1-2H3;3-8H,1-2H3. The SMILES string of the molecule is CC(C)c1ccc(C=O)cc1.CCNCc1ccc(CNCC)cc1. The molecule has 0 aromatic heterocycles. The van der Waals surface area contributed by atoms with Crippen LogP contribution in [0.25, 0.3) is 0 Å². The lowest BCUT2D eigenvalue weighted by Crippen LogP contribution is -2.13. The molecule has 3 heteroatoms. The summed E-state index contributed by atoms with van der Waals surface area (Å²) in [6.07, 6.45) is 0.865. The van der Waals surface area contributed by atoms with E-state index in [1.54, 1.807) is 0 Å². The minimum Gasteiger partial charge on any atom is -0.313 e. The molecule has 0 saturated heterocycles. The van der Waals surface area contributed by atoms with E-state index in [2.05, 4.69) is 62.6 Å². The molecule has 25 heavy (non-hydrogen) atoms. The molecule has 0 atom stereocenters. The molecular formula is C22H32N2O. The maximum atomic E-state index is 10.3. The molecule has 0 amide bonds. The number of rotatable bonds is 8. The van der Waals surface area contributed by atoms with E-state index in [1.165, 1.54) is 16.7 Å². The normalized spacial score (nSPS) is 10.3. The molecule has 136 valence electrons. The Morgan fingerprint density at radius 2 is 1.24 bits per heavy atom. The predicted octanol–water partition coefficient (Wildman–Crippen LogP) is 4.53. The van der Waals surface area contributed by atoms with Gasteiger partial charge in [-0.2, -0.15) is 0 Å². The maximum Gasteiger partial charge on any atom is 0.150 e. The zero-order valence-electron chi connectivity index (χ0n) is 16.0. The van der Waals surface area contributed by atoms with E-state index in [-0.39, 0.29) is 0 Å². The van der Waals surface area contributed by atoms with Gasteiger partial charge in [0, 0.05) is 18.7 Å². The van der Waals surface area contributed by atoms with Crippen molar-refractivity contribution in [1.82, 2.24) is 10.6 Å². The van der Waals surface area contributed by atoms with Crippen LogP contribution in [0.1, 0.15) is 60.7 Å². The summed E-state index contributed by atoms with van der Waals surface area (Å²) >= 11 is 0. The minimum absolute atomic E-state index is 0.538. The van der Waals surface area contributed by atoms with E-state index in [9.17, 15) is 4.79 Å². The van der Waals surface area contributed by atoms with Gasteiger partial charge in [-0.3, -0.25) is 4.79 Å². The Morgan fingerprint density at radius 1 is 0.800 bits per heavy atom. The lowest BCUT2D eigenvalue weighted by Gasteiger charge is -2.05. The van der Waals surface area contributed by atoms with Crippen LogP contribution in [0.4, 0.5) is 0 Å². The Labute approximate surface area is 152 Å². The van der Waals surface area contributed by atoms with Gasteiger partial charge in [-0.1, -0.05) is 76.2 Å². The zero-order chi connectivity index (χ0) is 18.5. The van der Waals surface area contributed by atoms with Crippen molar-refractivity contribution < 1.29 is 4.79 Å². The smallest absolute Gasteiger partial charge is 0.150 e. The van der Waals surface area contributed by atoms with Gasteiger partial charge >= 0.3 is 0 Å². The fraction of sp³-hybridized carbons (Fsp3) is 0.409. The molecule has 3 nitrogen and oxygen atoms in total. The summed E-state index contributed by atoms with van der Waals surface area (Å²) in [6, 6.07) is 16.4. The largest absolute Gasteiger partial charge is 0.313 e. The second-order valence-electron chi connectivity index (χ2n) is 6.32. The summed E-state index contributed by atoms with van der Waals surface area (Å²) < 4.78 is 0. The Morgan fingerprint density at radius 3 is 1.56 bits per heavy atom. The van der Waals surface area contributed by atoms with Crippen molar-refractivity contribution in [3.8, 4) is 0 Å². The minimum atomic E-state index is 0.538. The summed E-state index contributed by atoms with van der Waals surface area (Å²) in [5.74, 6) is 0.538. The molecule has 2 rings (SSSR count). The molecule has 2 N–H and O–H groups in total. The molecular weight excluding hydrogens is 308 g/mol. The molecule has 0 fully saturated rings. The molecule has 2 aromatic rings. The highest BCUT2D eigenvalue weighted by molar-refractivity contribution is 5.74. The van der Waals surface area contributed by atoms with E-state index in [4.69, 9.17) is 0 Å². The van der Waals surface area contributed by atoms with Gasteiger partial charge < -0.3 is 10.6 Å². The van der Waals surface area contributed by atoms with E-state index >= 15 is 0 Å². The fourth-order valence-corrected chi connectivity index (χ4v) is 2.27. The molecule has 0 aliphatic heterocycles. The zero-order valence-corrected chi connectivity index (χ0v) is 16.0.